The number of ether oxygens (including phenoxy) is 1. The van der Waals surface area contributed by atoms with Gasteiger partial charge in [-0.2, -0.15) is 12.7 Å². The lowest BCUT2D eigenvalue weighted by molar-refractivity contribution is 0.0973. The Balaban J connectivity index is 2.13. The molecule has 0 spiro atoms. The van der Waals surface area contributed by atoms with E-state index in [1.54, 1.807) is 24.3 Å². The Bertz CT molecular complexity index is 595. The third-order valence-electron chi connectivity index (χ3n) is 3.44. The number of carbonyl (C=O) groups is 1. The van der Waals surface area contributed by atoms with Gasteiger partial charge in [-0.1, -0.05) is 24.6 Å². The van der Waals surface area contributed by atoms with Gasteiger partial charge in [0.25, 0.3) is 5.91 Å². The smallest absolute Gasteiger partial charge is 0.304 e. The third kappa shape index (κ3) is 4.03. The molecule has 0 saturated carbocycles. The zero-order valence-electron chi connectivity index (χ0n) is 12.0. The highest BCUT2D eigenvalue weighted by Gasteiger charge is 2.26. The molecular weight excluding hydrogens is 292 g/mol. The van der Waals surface area contributed by atoms with Crippen molar-refractivity contribution in [2.75, 3.05) is 20.2 Å². The van der Waals surface area contributed by atoms with Crippen LogP contribution in [0.4, 0.5) is 0 Å². The van der Waals surface area contributed by atoms with Crippen LogP contribution in [0.2, 0.25) is 0 Å². The Hall–Kier alpha value is -1.44. The lowest BCUT2D eigenvalue weighted by Crippen LogP contribution is -2.45. The molecule has 0 aromatic heterocycles. The van der Waals surface area contributed by atoms with Gasteiger partial charge in [-0.25, -0.2) is 4.72 Å². The van der Waals surface area contributed by atoms with E-state index in [2.05, 4.69) is 4.72 Å². The second-order valence-electron chi connectivity index (χ2n) is 4.99. The lowest BCUT2D eigenvalue weighted by Gasteiger charge is -2.25. The zero-order valence-corrected chi connectivity index (χ0v) is 12.9. The van der Waals surface area contributed by atoms with E-state index < -0.39 is 16.1 Å². The average Bonchev–Trinajstić information content (AvgIpc) is 2.48. The summed E-state index contributed by atoms with van der Waals surface area (Å²) in [5.74, 6) is -0.617. The van der Waals surface area contributed by atoms with Gasteiger partial charge in [0.05, 0.1) is 6.61 Å². The summed E-state index contributed by atoms with van der Waals surface area (Å²) in [6, 6.07) is 6.81. The highest BCUT2D eigenvalue weighted by Crippen LogP contribution is 2.14. The first-order valence-electron chi connectivity index (χ1n) is 6.93. The zero-order chi connectivity index (χ0) is 15.3. The molecule has 6 nitrogen and oxygen atoms in total. The fourth-order valence-electron chi connectivity index (χ4n) is 2.37. The number of amides is 1. The quantitative estimate of drug-likeness (QED) is 0.889. The summed E-state index contributed by atoms with van der Waals surface area (Å²) in [4.78, 5) is 12.2. The van der Waals surface area contributed by atoms with Crippen molar-refractivity contribution in [1.29, 1.82) is 0 Å². The minimum atomic E-state index is -3.77. The van der Waals surface area contributed by atoms with Gasteiger partial charge in [0, 0.05) is 25.8 Å². The lowest BCUT2D eigenvalue weighted by atomic mass is 10.1. The molecule has 0 atom stereocenters. The van der Waals surface area contributed by atoms with Gasteiger partial charge in [0.1, 0.15) is 0 Å². The average molecular weight is 312 g/mol. The van der Waals surface area contributed by atoms with E-state index in [1.165, 1.54) is 11.4 Å². The number of hydrogen-bond acceptors (Lipinski definition) is 4. The van der Waals surface area contributed by atoms with Crippen LogP contribution in [0, 0.1) is 0 Å². The molecule has 0 radical (unpaired) electrons. The van der Waals surface area contributed by atoms with Crippen LogP contribution in [0.25, 0.3) is 0 Å². The Labute approximate surface area is 125 Å². The second kappa shape index (κ2) is 7.02. The van der Waals surface area contributed by atoms with Crippen LogP contribution in [0.15, 0.2) is 24.3 Å². The van der Waals surface area contributed by atoms with Crippen molar-refractivity contribution in [1.82, 2.24) is 9.03 Å². The van der Waals surface area contributed by atoms with E-state index in [0.717, 1.165) is 19.3 Å². The Kier molecular flexibility index (Phi) is 5.33. The number of benzene rings is 1. The Morgan fingerprint density at radius 3 is 2.57 bits per heavy atom. The summed E-state index contributed by atoms with van der Waals surface area (Å²) >= 11 is 0. The Morgan fingerprint density at radius 1 is 1.24 bits per heavy atom. The van der Waals surface area contributed by atoms with E-state index in [4.69, 9.17) is 4.74 Å². The van der Waals surface area contributed by atoms with Crippen molar-refractivity contribution in [3.05, 3.63) is 35.4 Å². The van der Waals surface area contributed by atoms with Gasteiger partial charge < -0.3 is 4.74 Å². The van der Waals surface area contributed by atoms with Crippen molar-refractivity contribution >= 4 is 16.1 Å². The molecule has 1 amide bonds. The van der Waals surface area contributed by atoms with Gasteiger partial charge in [-0.15, -0.1) is 0 Å². The van der Waals surface area contributed by atoms with E-state index in [-0.39, 0.29) is 6.61 Å². The summed E-state index contributed by atoms with van der Waals surface area (Å²) in [5.41, 5.74) is 0.978. The number of nitrogens with zero attached hydrogens (tertiary/aromatic N) is 1. The summed E-state index contributed by atoms with van der Waals surface area (Å²) in [7, 11) is -2.24. The van der Waals surface area contributed by atoms with E-state index in [1.807, 2.05) is 0 Å². The number of nitrogens with one attached hydrogen (secondary N) is 1. The van der Waals surface area contributed by atoms with Crippen molar-refractivity contribution < 1.29 is 17.9 Å². The number of rotatable bonds is 5. The molecule has 1 aliphatic rings. The predicted molar refractivity (Wildman–Crippen MR) is 79.0 cm³/mol. The van der Waals surface area contributed by atoms with Crippen LogP contribution in [0.3, 0.4) is 0 Å². The SMILES string of the molecule is COCc1ccccc1C(=O)NS(=O)(=O)N1CCCCC1. The molecule has 1 N–H and O–H groups in total. The molecule has 116 valence electrons. The number of hydrogen-bond donors (Lipinski definition) is 1. The van der Waals surface area contributed by atoms with E-state index in [0.29, 0.717) is 24.2 Å². The summed E-state index contributed by atoms with van der Waals surface area (Å²) in [6.45, 7) is 1.18. The highest BCUT2D eigenvalue weighted by atomic mass is 32.2. The first-order chi connectivity index (χ1) is 10.0. The van der Waals surface area contributed by atoms with Crippen LogP contribution >= 0.6 is 0 Å². The maximum absolute atomic E-state index is 12.2. The number of carbonyl (C=O) groups excluding carboxylic acids is 1. The monoisotopic (exact) mass is 312 g/mol. The molecule has 21 heavy (non-hydrogen) atoms. The molecule has 2 rings (SSSR count). The maximum atomic E-state index is 12.2. The Morgan fingerprint density at radius 2 is 1.90 bits per heavy atom. The van der Waals surface area contributed by atoms with Gasteiger partial charge in [0.15, 0.2) is 0 Å². The maximum Gasteiger partial charge on any atom is 0.304 e. The largest absolute Gasteiger partial charge is 0.380 e. The summed E-state index contributed by atoms with van der Waals surface area (Å²) in [5, 5.41) is 0. The van der Waals surface area contributed by atoms with Crippen LogP contribution in [-0.2, 0) is 21.6 Å². The molecule has 0 aliphatic carbocycles. The normalized spacial score (nSPS) is 16.6. The fourth-order valence-corrected chi connectivity index (χ4v) is 3.58. The first-order valence-corrected chi connectivity index (χ1v) is 8.37. The summed E-state index contributed by atoms with van der Waals surface area (Å²) in [6.07, 6.45) is 2.68. The van der Waals surface area contributed by atoms with Crippen molar-refractivity contribution in [2.45, 2.75) is 25.9 Å². The second-order valence-corrected chi connectivity index (χ2v) is 6.66. The van der Waals surface area contributed by atoms with Crippen LogP contribution in [0.1, 0.15) is 35.2 Å². The van der Waals surface area contributed by atoms with Gasteiger partial charge >= 0.3 is 10.2 Å². The van der Waals surface area contributed by atoms with Gasteiger partial charge in [0.2, 0.25) is 0 Å². The van der Waals surface area contributed by atoms with E-state index in [9.17, 15) is 13.2 Å². The van der Waals surface area contributed by atoms with Gasteiger partial charge in [-0.05, 0) is 24.5 Å². The molecule has 7 heteroatoms. The molecule has 1 aromatic carbocycles. The van der Waals surface area contributed by atoms with Crippen LogP contribution < -0.4 is 4.72 Å². The molecule has 0 unspecified atom stereocenters. The summed E-state index contributed by atoms with van der Waals surface area (Å²) < 4.78 is 32.9. The number of methoxy groups -OCH3 is 1. The van der Waals surface area contributed by atoms with E-state index >= 15 is 0 Å². The molecular formula is C14H20N2O4S. The van der Waals surface area contributed by atoms with Gasteiger partial charge in [-0.3, -0.25) is 4.79 Å². The standard InChI is InChI=1S/C14H20N2O4S/c1-20-11-12-7-3-4-8-13(12)14(17)15-21(18,19)16-9-5-2-6-10-16/h3-4,7-8H,2,5-6,9-11H2,1H3,(H,15,17). The van der Waals surface area contributed by atoms with Crippen molar-refractivity contribution in [3.8, 4) is 0 Å². The first kappa shape index (κ1) is 15.9. The van der Waals surface area contributed by atoms with Crippen molar-refractivity contribution in [3.63, 3.8) is 0 Å². The fraction of sp³-hybridized carbons (Fsp3) is 0.500. The number of piperidine rings is 1. The van der Waals surface area contributed by atoms with Crippen LogP contribution in [-0.4, -0.2) is 38.8 Å². The molecule has 1 aromatic rings. The predicted octanol–water partition coefficient (Wildman–Crippen LogP) is 1.29. The topological polar surface area (TPSA) is 75.7 Å². The molecule has 1 saturated heterocycles. The molecule has 1 aliphatic heterocycles. The molecule has 1 heterocycles. The highest BCUT2D eigenvalue weighted by molar-refractivity contribution is 7.87. The van der Waals surface area contributed by atoms with Crippen molar-refractivity contribution in [2.24, 2.45) is 0 Å². The minimum absolute atomic E-state index is 0.257. The molecule has 0 bridgehead atoms. The van der Waals surface area contributed by atoms with Crippen LogP contribution in [0.5, 0.6) is 0 Å². The third-order valence-corrected chi connectivity index (χ3v) is 4.93. The minimum Gasteiger partial charge on any atom is -0.380 e. The molecule has 1 fully saturated rings.